The summed E-state index contributed by atoms with van der Waals surface area (Å²) in [6.07, 6.45) is 0.637. The number of likely N-dealkylation sites (tertiary alicyclic amines) is 1. The van der Waals surface area contributed by atoms with Gasteiger partial charge < -0.3 is 24.3 Å². The summed E-state index contributed by atoms with van der Waals surface area (Å²) in [4.78, 5) is 44.8. The van der Waals surface area contributed by atoms with Gasteiger partial charge in [0.05, 0.1) is 13.5 Å². The molecule has 0 aromatic heterocycles. The molecule has 0 bridgehead atoms. The zero-order chi connectivity index (χ0) is 21.2. The molecule has 1 spiro atoms. The van der Waals surface area contributed by atoms with Crippen molar-refractivity contribution in [3.8, 4) is 5.75 Å². The first-order valence-corrected chi connectivity index (χ1v) is 9.84. The minimum absolute atomic E-state index is 0.00990. The molecule has 1 atom stereocenters. The second-order valence-corrected chi connectivity index (χ2v) is 8.37. The molecule has 8 heteroatoms. The second kappa shape index (κ2) is 8.31. The van der Waals surface area contributed by atoms with E-state index in [0.29, 0.717) is 39.1 Å². The highest BCUT2D eigenvalue weighted by molar-refractivity contribution is 5.82. The third kappa shape index (κ3) is 4.63. The molecule has 2 fully saturated rings. The van der Waals surface area contributed by atoms with E-state index in [-0.39, 0.29) is 24.3 Å². The molecule has 8 nitrogen and oxygen atoms in total. The van der Waals surface area contributed by atoms with Crippen LogP contribution in [0.25, 0.3) is 0 Å². The Kier molecular flexibility index (Phi) is 6.00. The molecule has 1 aromatic carbocycles. The van der Waals surface area contributed by atoms with Crippen molar-refractivity contribution in [3.05, 3.63) is 29.8 Å². The van der Waals surface area contributed by atoms with Crippen molar-refractivity contribution in [1.82, 2.24) is 19.6 Å². The van der Waals surface area contributed by atoms with Gasteiger partial charge in [0.1, 0.15) is 5.75 Å². The average molecular weight is 402 g/mol. The summed E-state index contributed by atoms with van der Waals surface area (Å²) in [5, 5.41) is 0. The molecule has 3 rings (SSSR count). The lowest BCUT2D eigenvalue weighted by molar-refractivity contribution is -0.132. The van der Waals surface area contributed by atoms with Gasteiger partial charge in [-0.3, -0.25) is 9.59 Å². The molecule has 158 valence electrons. The normalized spacial score (nSPS) is 22.1. The Bertz CT molecular complexity index is 779. The highest BCUT2D eigenvalue weighted by Gasteiger charge is 2.47. The largest absolute Gasteiger partial charge is 0.497 e. The number of hydrogen-bond donors (Lipinski definition) is 0. The van der Waals surface area contributed by atoms with E-state index in [9.17, 15) is 14.4 Å². The van der Waals surface area contributed by atoms with Gasteiger partial charge >= 0.3 is 6.03 Å². The number of ether oxygens (including phenoxy) is 1. The molecule has 2 aliphatic rings. The van der Waals surface area contributed by atoms with Crippen LogP contribution in [0.2, 0.25) is 0 Å². The van der Waals surface area contributed by atoms with Gasteiger partial charge in [-0.2, -0.15) is 0 Å². The minimum atomic E-state index is -0.427. The number of nitrogens with zero attached hydrogens (tertiary/aromatic N) is 4. The lowest BCUT2D eigenvalue weighted by Gasteiger charge is -2.34. The van der Waals surface area contributed by atoms with Crippen molar-refractivity contribution in [2.75, 3.05) is 61.0 Å². The van der Waals surface area contributed by atoms with Crippen LogP contribution in [0, 0.1) is 5.41 Å². The average Bonchev–Trinajstić information content (AvgIpc) is 2.85. The highest BCUT2D eigenvalue weighted by atomic mass is 16.5. The SMILES string of the molecule is COc1ccc(CC(=O)N2CCN(C(=O)N(C)C)CC3(CC(=O)N(C)C3)C2)cc1. The lowest BCUT2D eigenvalue weighted by Crippen LogP contribution is -2.47. The maximum atomic E-state index is 13.1. The quantitative estimate of drug-likeness (QED) is 0.753. The smallest absolute Gasteiger partial charge is 0.319 e. The summed E-state index contributed by atoms with van der Waals surface area (Å²) in [6, 6.07) is 7.37. The predicted molar refractivity (Wildman–Crippen MR) is 109 cm³/mol. The zero-order valence-corrected chi connectivity index (χ0v) is 17.7. The lowest BCUT2D eigenvalue weighted by atomic mass is 9.86. The van der Waals surface area contributed by atoms with E-state index < -0.39 is 5.41 Å². The predicted octanol–water partition coefficient (Wildman–Crippen LogP) is 0.912. The molecule has 2 heterocycles. The third-order valence-electron chi connectivity index (χ3n) is 5.74. The summed E-state index contributed by atoms with van der Waals surface area (Å²) in [6.45, 7) is 2.44. The van der Waals surface area contributed by atoms with Crippen LogP contribution in [0.1, 0.15) is 12.0 Å². The Morgan fingerprint density at radius 3 is 2.24 bits per heavy atom. The monoisotopic (exact) mass is 402 g/mol. The van der Waals surface area contributed by atoms with E-state index in [2.05, 4.69) is 0 Å². The van der Waals surface area contributed by atoms with Crippen LogP contribution in [-0.4, -0.2) is 98.4 Å². The summed E-state index contributed by atoms with van der Waals surface area (Å²) < 4.78 is 5.17. The van der Waals surface area contributed by atoms with E-state index in [1.54, 1.807) is 43.0 Å². The first kappa shape index (κ1) is 21.0. The van der Waals surface area contributed by atoms with Gasteiger partial charge in [0.15, 0.2) is 0 Å². The van der Waals surface area contributed by atoms with Crippen LogP contribution in [0.5, 0.6) is 5.75 Å². The number of methoxy groups -OCH3 is 1. The van der Waals surface area contributed by atoms with Crippen molar-refractivity contribution in [3.63, 3.8) is 0 Å². The van der Waals surface area contributed by atoms with Gasteiger partial charge in [0.2, 0.25) is 11.8 Å². The molecule has 0 aliphatic carbocycles. The minimum Gasteiger partial charge on any atom is -0.497 e. The fraction of sp³-hybridized carbons (Fsp3) is 0.571. The van der Waals surface area contributed by atoms with Gasteiger partial charge in [-0.05, 0) is 17.7 Å². The summed E-state index contributed by atoms with van der Waals surface area (Å²) in [7, 11) is 6.83. The molecule has 0 radical (unpaired) electrons. The van der Waals surface area contributed by atoms with Crippen molar-refractivity contribution in [1.29, 1.82) is 0 Å². The molecular weight excluding hydrogens is 372 g/mol. The van der Waals surface area contributed by atoms with Crippen LogP contribution in [0.3, 0.4) is 0 Å². The van der Waals surface area contributed by atoms with Crippen molar-refractivity contribution >= 4 is 17.8 Å². The number of hydrogen-bond acceptors (Lipinski definition) is 4. The van der Waals surface area contributed by atoms with Crippen molar-refractivity contribution in [2.45, 2.75) is 12.8 Å². The first-order valence-electron chi connectivity index (χ1n) is 9.84. The highest BCUT2D eigenvalue weighted by Crippen LogP contribution is 2.34. The third-order valence-corrected chi connectivity index (χ3v) is 5.74. The molecule has 1 aromatic rings. The number of carbonyl (C=O) groups excluding carboxylic acids is 3. The van der Waals surface area contributed by atoms with Crippen LogP contribution < -0.4 is 4.74 Å². The van der Waals surface area contributed by atoms with Gasteiger partial charge in [-0.15, -0.1) is 0 Å². The van der Waals surface area contributed by atoms with Crippen LogP contribution in [0.15, 0.2) is 24.3 Å². The van der Waals surface area contributed by atoms with E-state index in [0.717, 1.165) is 11.3 Å². The van der Waals surface area contributed by atoms with E-state index in [4.69, 9.17) is 4.74 Å². The Hall–Kier alpha value is -2.77. The molecule has 29 heavy (non-hydrogen) atoms. The summed E-state index contributed by atoms with van der Waals surface area (Å²) >= 11 is 0. The summed E-state index contributed by atoms with van der Waals surface area (Å²) in [5.74, 6) is 0.822. The van der Waals surface area contributed by atoms with Crippen molar-refractivity contribution in [2.24, 2.45) is 5.41 Å². The zero-order valence-electron chi connectivity index (χ0n) is 17.7. The van der Waals surface area contributed by atoms with E-state index in [1.165, 1.54) is 0 Å². The number of benzene rings is 1. The van der Waals surface area contributed by atoms with Gasteiger partial charge in [-0.25, -0.2) is 4.79 Å². The summed E-state index contributed by atoms with van der Waals surface area (Å²) in [5.41, 5.74) is 0.485. The Balaban J connectivity index is 1.78. The van der Waals surface area contributed by atoms with Gasteiger partial charge in [0.25, 0.3) is 0 Å². The van der Waals surface area contributed by atoms with Crippen molar-refractivity contribution < 1.29 is 19.1 Å². The fourth-order valence-corrected chi connectivity index (χ4v) is 4.26. The standard InChI is InChI=1S/C21H30N4O4/c1-22(2)20(28)25-10-9-24(14-21(15-25)12-19(27)23(3)13-21)18(26)11-16-5-7-17(29-4)8-6-16/h5-8H,9-15H2,1-4H3. The molecule has 1 unspecified atom stereocenters. The molecule has 2 aliphatic heterocycles. The molecule has 4 amide bonds. The van der Waals surface area contributed by atoms with E-state index in [1.807, 2.05) is 29.2 Å². The Labute approximate surface area is 172 Å². The number of urea groups is 1. The molecular formula is C21H30N4O4. The van der Waals surface area contributed by atoms with Gasteiger partial charge in [-0.1, -0.05) is 12.1 Å². The molecule has 0 N–H and O–H groups in total. The maximum Gasteiger partial charge on any atom is 0.319 e. The van der Waals surface area contributed by atoms with Gasteiger partial charge in [0, 0.05) is 65.7 Å². The Morgan fingerprint density at radius 2 is 1.69 bits per heavy atom. The van der Waals surface area contributed by atoms with Crippen LogP contribution >= 0.6 is 0 Å². The van der Waals surface area contributed by atoms with E-state index >= 15 is 0 Å². The number of amides is 4. The number of carbonyl (C=O) groups is 3. The fourth-order valence-electron chi connectivity index (χ4n) is 4.26. The Morgan fingerprint density at radius 1 is 1.07 bits per heavy atom. The molecule has 0 saturated carbocycles. The topological polar surface area (TPSA) is 73.4 Å². The van der Waals surface area contributed by atoms with Crippen LogP contribution in [0.4, 0.5) is 4.79 Å². The second-order valence-electron chi connectivity index (χ2n) is 8.37. The number of rotatable bonds is 3. The maximum absolute atomic E-state index is 13.1. The first-order chi connectivity index (χ1) is 13.7. The molecule has 2 saturated heterocycles. The van der Waals surface area contributed by atoms with Crippen LogP contribution in [-0.2, 0) is 16.0 Å².